The topological polar surface area (TPSA) is 84.0 Å². The standard InChI is InChI=1S/C23H28N4O2S/c1-3-4-14-27(15-13-17-5-7-19(8-6-17)22(24)26-28)23-25-21(16-30-23)18-9-11-20(29-2)12-10-18/h5-12,16,28H,3-4,13-15H2,1-2H3,(H2,24,26). The van der Waals surface area contributed by atoms with Gasteiger partial charge in [0.15, 0.2) is 11.0 Å². The Morgan fingerprint density at radius 2 is 1.87 bits per heavy atom. The summed E-state index contributed by atoms with van der Waals surface area (Å²) in [4.78, 5) is 7.25. The lowest BCUT2D eigenvalue weighted by Crippen LogP contribution is -2.26. The van der Waals surface area contributed by atoms with Crippen LogP contribution in [0.5, 0.6) is 5.75 Å². The van der Waals surface area contributed by atoms with Crippen molar-refractivity contribution in [2.45, 2.75) is 26.2 Å². The van der Waals surface area contributed by atoms with E-state index in [0.717, 1.165) is 54.5 Å². The van der Waals surface area contributed by atoms with Gasteiger partial charge in [0, 0.05) is 29.6 Å². The van der Waals surface area contributed by atoms with Crippen molar-refractivity contribution in [1.82, 2.24) is 4.98 Å². The van der Waals surface area contributed by atoms with Gasteiger partial charge in [-0.05, 0) is 42.7 Å². The summed E-state index contributed by atoms with van der Waals surface area (Å²) in [5, 5.41) is 15.0. The first-order valence-electron chi connectivity index (χ1n) is 10.1. The van der Waals surface area contributed by atoms with Crippen LogP contribution in [0.1, 0.15) is 30.9 Å². The van der Waals surface area contributed by atoms with E-state index in [1.807, 2.05) is 48.5 Å². The molecule has 2 aromatic carbocycles. The number of aromatic nitrogens is 1. The second-order valence-electron chi connectivity index (χ2n) is 7.02. The van der Waals surface area contributed by atoms with E-state index in [1.54, 1.807) is 18.4 Å². The van der Waals surface area contributed by atoms with E-state index < -0.39 is 0 Å². The van der Waals surface area contributed by atoms with Crippen molar-refractivity contribution in [3.63, 3.8) is 0 Å². The predicted octanol–water partition coefficient (Wildman–Crippen LogP) is 4.76. The van der Waals surface area contributed by atoms with Crippen LogP contribution in [0.25, 0.3) is 11.3 Å². The zero-order valence-corrected chi connectivity index (χ0v) is 18.2. The maximum atomic E-state index is 8.80. The number of benzene rings is 2. The zero-order chi connectivity index (χ0) is 21.3. The molecule has 0 aliphatic heterocycles. The number of hydrogen-bond acceptors (Lipinski definition) is 6. The first-order valence-corrected chi connectivity index (χ1v) is 10.9. The van der Waals surface area contributed by atoms with Crippen LogP contribution in [-0.4, -0.2) is 36.2 Å². The first kappa shape index (κ1) is 21.6. The molecule has 0 spiro atoms. The molecule has 0 aliphatic carbocycles. The average molecular weight is 425 g/mol. The number of nitrogens with zero attached hydrogens (tertiary/aromatic N) is 3. The fourth-order valence-corrected chi connectivity index (χ4v) is 4.01. The summed E-state index contributed by atoms with van der Waals surface area (Å²) in [7, 11) is 1.67. The van der Waals surface area contributed by atoms with Crippen LogP contribution in [-0.2, 0) is 6.42 Å². The molecule has 0 aliphatic rings. The third-order valence-electron chi connectivity index (χ3n) is 4.96. The number of amidine groups is 1. The van der Waals surface area contributed by atoms with Crippen molar-refractivity contribution in [3.8, 4) is 17.0 Å². The summed E-state index contributed by atoms with van der Waals surface area (Å²) in [5.41, 5.74) is 9.64. The number of oxime groups is 1. The molecule has 0 bridgehead atoms. The van der Waals surface area contributed by atoms with E-state index in [4.69, 9.17) is 20.7 Å². The number of nitrogens with two attached hydrogens (primary N) is 1. The van der Waals surface area contributed by atoms with Gasteiger partial charge in [-0.3, -0.25) is 0 Å². The number of thiazole rings is 1. The molecule has 0 unspecified atom stereocenters. The Morgan fingerprint density at radius 1 is 1.13 bits per heavy atom. The molecular weight excluding hydrogens is 396 g/mol. The van der Waals surface area contributed by atoms with Crippen molar-refractivity contribution in [2.75, 3.05) is 25.1 Å². The highest BCUT2D eigenvalue weighted by atomic mass is 32.1. The number of hydrogen-bond donors (Lipinski definition) is 2. The number of anilines is 1. The molecule has 158 valence electrons. The third kappa shape index (κ3) is 5.51. The molecule has 0 saturated heterocycles. The Labute approximate surface area is 181 Å². The van der Waals surface area contributed by atoms with Crippen LogP contribution in [0.15, 0.2) is 59.1 Å². The lowest BCUT2D eigenvalue weighted by atomic mass is 10.1. The normalized spacial score (nSPS) is 11.5. The van der Waals surface area contributed by atoms with Gasteiger partial charge in [0.1, 0.15) is 5.75 Å². The predicted molar refractivity (Wildman–Crippen MR) is 124 cm³/mol. The molecule has 3 N–H and O–H groups in total. The van der Waals surface area contributed by atoms with Crippen LogP contribution < -0.4 is 15.4 Å². The number of ether oxygens (including phenoxy) is 1. The molecule has 0 atom stereocenters. The summed E-state index contributed by atoms with van der Waals surface area (Å²) < 4.78 is 5.24. The van der Waals surface area contributed by atoms with Crippen LogP contribution in [0.2, 0.25) is 0 Å². The monoisotopic (exact) mass is 424 g/mol. The Hall–Kier alpha value is -3.06. The summed E-state index contributed by atoms with van der Waals surface area (Å²) in [6.07, 6.45) is 3.17. The van der Waals surface area contributed by atoms with Crippen molar-refractivity contribution in [3.05, 3.63) is 65.0 Å². The van der Waals surface area contributed by atoms with Gasteiger partial charge in [0.05, 0.1) is 12.8 Å². The summed E-state index contributed by atoms with van der Waals surface area (Å²) in [5.74, 6) is 0.969. The minimum Gasteiger partial charge on any atom is -0.497 e. The highest BCUT2D eigenvalue weighted by molar-refractivity contribution is 7.14. The van der Waals surface area contributed by atoms with Crippen molar-refractivity contribution in [2.24, 2.45) is 10.9 Å². The van der Waals surface area contributed by atoms with E-state index in [9.17, 15) is 0 Å². The van der Waals surface area contributed by atoms with E-state index >= 15 is 0 Å². The Morgan fingerprint density at radius 3 is 2.50 bits per heavy atom. The van der Waals surface area contributed by atoms with Gasteiger partial charge >= 0.3 is 0 Å². The number of rotatable bonds is 10. The van der Waals surface area contributed by atoms with Gasteiger partial charge in [-0.15, -0.1) is 11.3 Å². The first-order chi connectivity index (χ1) is 14.6. The number of methoxy groups -OCH3 is 1. The molecule has 3 rings (SSSR count). The maximum absolute atomic E-state index is 8.80. The minimum atomic E-state index is 0.125. The van der Waals surface area contributed by atoms with E-state index in [1.165, 1.54) is 5.56 Å². The smallest absolute Gasteiger partial charge is 0.185 e. The molecule has 7 heteroatoms. The van der Waals surface area contributed by atoms with Gasteiger partial charge in [-0.25, -0.2) is 4.98 Å². The fourth-order valence-electron chi connectivity index (χ4n) is 3.12. The molecule has 0 saturated carbocycles. The summed E-state index contributed by atoms with van der Waals surface area (Å²) in [6, 6.07) is 15.8. The molecule has 3 aromatic rings. The minimum absolute atomic E-state index is 0.125. The largest absolute Gasteiger partial charge is 0.497 e. The average Bonchev–Trinajstić information content (AvgIpc) is 3.29. The van der Waals surface area contributed by atoms with Crippen LogP contribution in [0, 0.1) is 0 Å². The fraction of sp³-hybridized carbons (Fsp3) is 0.304. The molecule has 1 heterocycles. The Bertz CT molecular complexity index is 952. The van der Waals surface area contributed by atoms with E-state index in [0.29, 0.717) is 5.56 Å². The quantitative estimate of drug-likeness (QED) is 0.212. The molecule has 6 nitrogen and oxygen atoms in total. The molecule has 0 fully saturated rings. The second-order valence-corrected chi connectivity index (χ2v) is 7.85. The lowest BCUT2D eigenvalue weighted by molar-refractivity contribution is 0.318. The molecular formula is C23H28N4O2S. The van der Waals surface area contributed by atoms with Gasteiger partial charge in [0.25, 0.3) is 0 Å². The summed E-state index contributed by atoms with van der Waals surface area (Å²) >= 11 is 1.68. The molecule has 30 heavy (non-hydrogen) atoms. The van der Waals surface area contributed by atoms with Crippen molar-refractivity contribution in [1.29, 1.82) is 0 Å². The van der Waals surface area contributed by atoms with Crippen molar-refractivity contribution < 1.29 is 9.94 Å². The second kappa shape index (κ2) is 10.6. The van der Waals surface area contributed by atoms with Gasteiger partial charge in [0.2, 0.25) is 0 Å². The van der Waals surface area contributed by atoms with Crippen LogP contribution in [0.3, 0.4) is 0 Å². The Balaban J connectivity index is 1.70. The van der Waals surface area contributed by atoms with Gasteiger partial charge < -0.3 is 20.6 Å². The molecule has 0 amide bonds. The molecule has 1 aromatic heterocycles. The Kier molecular flexibility index (Phi) is 7.68. The number of unbranched alkanes of at least 4 members (excludes halogenated alkanes) is 1. The van der Waals surface area contributed by atoms with E-state index in [-0.39, 0.29) is 5.84 Å². The van der Waals surface area contributed by atoms with Gasteiger partial charge in [-0.1, -0.05) is 42.8 Å². The van der Waals surface area contributed by atoms with Gasteiger partial charge in [-0.2, -0.15) is 0 Å². The SMILES string of the molecule is CCCCN(CCc1ccc(C(N)=NO)cc1)c1nc(-c2ccc(OC)cc2)cs1. The highest BCUT2D eigenvalue weighted by Gasteiger charge is 2.12. The zero-order valence-electron chi connectivity index (χ0n) is 17.4. The van der Waals surface area contributed by atoms with Crippen LogP contribution in [0.4, 0.5) is 5.13 Å². The highest BCUT2D eigenvalue weighted by Crippen LogP contribution is 2.29. The maximum Gasteiger partial charge on any atom is 0.185 e. The van der Waals surface area contributed by atoms with Crippen molar-refractivity contribution >= 4 is 22.3 Å². The summed E-state index contributed by atoms with van der Waals surface area (Å²) in [6.45, 7) is 4.07. The lowest BCUT2D eigenvalue weighted by Gasteiger charge is -2.21. The molecule has 0 radical (unpaired) electrons. The van der Waals surface area contributed by atoms with Crippen LogP contribution >= 0.6 is 11.3 Å². The third-order valence-corrected chi connectivity index (χ3v) is 5.86. The van der Waals surface area contributed by atoms with E-state index in [2.05, 4.69) is 22.4 Å².